The molecule has 0 aliphatic heterocycles. The van der Waals surface area contributed by atoms with Gasteiger partial charge in [0.05, 0.1) is 13.5 Å². The Balaban J connectivity index is 1.41. The fourth-order valence-corrected chi connectivity index (χ4v) is 6.13. The molecular weight excluding hydrogens is 491 g/mol. The van der Waals surface area contributed by atoms with Crippen LogP contribution in [0.15, 0.2) is 60.7 Å². The van der Waals surface area contributed by atoms with Gasteiger partial charge in [0.1, 0.15) is 23.9 Å². The van der Waals surface area contributed by atoms with Gasteiger partial charge >= 0.3 is 5.97 Å². The average Bonchev–Trinajstić information content (AvgIpc) is 3.76. The van der Waals surface area contributed by atoms with Crippen molar-refractivity contribution in [2.24, 2.45) is 5.92 Å². The number of halogens is 1. The highest BCUT2D eigenvalue weighted by molar-refractivity contribution is 5.71. The Morgan fingerprint density at radius 2 is 1.67 bits per heavy atom. The second-order valence-electron chi connectivity index (χ2n) is 11.2. The average molecular weight is 531 g/mol. The molecule has 0 aromatic heterocycles. The lowest BCUT2D eigenvalue weighted by atomic mass is 9.81. The summed E-state index contributed by atoms with van der Waals surface area (Å²) in [4.78, 5) is 11.4. The summed E-state index contributed by atoms with van der Waals surface area (Å²) < 4.78 is 26.7. The zero-order chi connectivity index (χ0) is 27.2. The van der Waals surface area contributed by atoms with E-state index in [9.17, 15) is 9.90 Å². The number of hydrogen-bond donors (Lipinski definition) is 1. The minimum Gasteiger partial charge on any atom is -0.497 e. The summed E-state index contributed by atoms with van der Waals surface area (Å²) in [6.45, 7) is 0.400. The van der Waals surface area contributed by atoms with Crippen molar-refractivity contribution >= 4 is 5.97 Å². The Hall–Kier alpha value is -3.34. The van der Waals surface area contributed by atoms with Gasteiger partial charge in [-0.25, -0.2) is 4.39 Å². The van der Waals surface area contributed by atoms with E-state index in [1.807, 2.05) is 36.4 Å². The second-order valence-corrected chi connectivity index (χ2v) is 11.2. The van der Waals surface area contributed by atoms with Crippen LogP contribution in [0.5, 0.6) is 11.5 Å². The quantitative estimate of drug-likeness (QED) is 0.284. The van der Waals surface area contributed by atoms with Gasteiger partial charge in [0.15, 0.2) is 0 Å². The number of hydrogen-bond acceptors (Lipinski definition) is 3. The van der Waals surface area contributed by atoms with E-state index in [0.717, 1.165) is 48.1 Å². The molecule has 1 N–H and O–H groups in total. The standard InChI is InChI=1S/C34H39FO4/c1-38-27-15-17-33(35)32(20-27)29-16-12-23(18-31(29)24-8-5-3-2-4-6-9-24)22-39-28-11-7-10-26(19-28)30(21-34(36)37)25-13-14-25/h7,10-12,15-20,24-25,30H,2-6,8-9,13-14,21-22H2,1H3,(H,36,37)/t30-/m1/s1. The second kappa shape index (κ2) is 12.7. The lowest BCUT2D eigenvalue weighted by Gasteiger charge is -2.24. The molecule has 5 heteroatoms. The molecule has 2 aliphatic rings. The van der Waals surface area contributed by atoms with Gasteiger partial charge in [0, 0.05) is 5.56 Å². The van der Waals surface area contributed by atoms with Crippen LogP contribution in [0.2, 0.25) is 0 Å². The van der Waals surface area contributed by atoms with Gasteiger partial charge in [-0.2, -0.15) is 0 Å². The summed E-state index contributed by atoms with van der Waals surface area (Å²) in [5.41, 5.74) is 4.79. The van der Waals surface area contributed by atoms with Gasteiger partial charge in [0.2, 0.25) is 0 Å². The van der Waals surface area contributed by atoms with Crippen LogP contribution >= 0.6 is 0 Å². The van der Waals surface area contributed by atoms with Gasteiger partial charge in [-0.1, -0.05) is 62.4 Å². The van der Waals surface area contributed by atoms with Crippen molar-refractivity contribution < 1.29 is 23.8 Å². The lowest BCUT2D eigenvalue weighted by Crippen LogP contribution is -2.09. The van der Waals surface area contributed by atoms with E-state index < -0.39 is 5.97 Å². The van der Waals surface area contributed by atoms with Crippen molar-refractivity contribution in [2.45, 2.75) is 82.7 Å². The van der Waals surface area contributed by atoms with Crippen molar-refractivity contribution in [1.29, 1.82) is 0 Å². The summed E-state index contributed by atoms with van der Waals surface area (Å²) in [5, 5.41) is 9.40. The highest BCUT2D eigenvalue weighted by Gasteiger charge is 2.33. The van der Waals surface area contributed by atoms with E-state index in [2.05, 4.69) is 6.07 Å². The third-order valence-corrected chi connectivity index (χ3v) is 8.40. The van der Waals surface area contributed by atoms with Gasteiger partial charge in [-0.15, -0.1) is 0 Å². The van der Waals surface area contributed by atoms with Crippen molar-refractivity contribution in [1.82, 2.24) is 0 Å². The van der Waals surface area contributed by atoms with Crippen LogP contribution in [0, 0.1) is 11.7 Å². The molecule has 1 atom stereocenters. The molecule has 0 heterocycles. The van der Waals surface area contributed by atoms with Crippen LogP contribution in [0.1, 0.15) is 92.7 Å². The highest BCUT2D eigenvalue weighted by Crippen LogP contribution is 2.45. The van der Waals surface area contributed by atoms with Crippen LogP contribution in [0.3, 0.4) is 0 Å². The number of carbonyl (C=O) groups is 1. The van der Waals surface area contributed by atoms with Crippen LogP contribution in [-0.2, 0) is 11.4 Å². The van der Waals surface area contributed by atoms with E-state index in [4.69, 9.17) is 9.47 Å². The van der Waals surface area contributed by atoms with E-state index in [0.29, 0.717) is 29.8 Å². The third kappa shape index (κ3) is 7.00. The molecule has 5 rings (SSSR count). The van der Waals surface area contributed by atoms with Gasteiger partial charge in [-0.05, 0) is 96.0 Å². The first kappa shape index (κ1) is 27.2. The number of aliphatic carboxylic acids is 1. The number of benzene rings is 3. The highest BCUT2D eigenvalue weighted by atomic mass is 19.1. The first-order chi connectivity index (χ1) is 19.0. The molecule has 2 aliphatic carbocycles. The van der Waals surface area contributed by atoms with Crippen molar-refractivity contribution in [3.63, 3.8) is 0 Å². The first-order valence-electron chi connectivity index (χ1n) is 14.4. The molecule has 0 spiro atoms. The number of carboxylic acids is 1. The van der Waals surface area contributed by atoms with E-state index in [1.54, 1.807) is 19.2 Å². The summed E-state index contributed by atoms with van der Waals surface area (Å²) in [5.74, 6) is 1.27. The van der Waals surface area contributed by atoms with Gasteiger partial charge in [-0.3, -0.25) is 4.79 Å². The van der Waals surface area contributed by atoms with Crippen molar-refractivity contribution in [3.05, 3.63) is 83.2 Å². The molecule has 4 nitrogen and oxygen atoms in total. The zero-order valence-electron chi connectivity index (χ0n) is 22.8. The number of ether oxygens (including phenoxy) is 2. The van der Waals surface area contributed by atoms with Crippen LogP contribution in [0.4, 0.5) is 4.39 Å². The number of methoxy groups -OCH3 is 1. The molecule has 0 bridgehead atoms. The predicted molar refractivity (Wildman–Crippen MR) is 152 cm³/mol. The Morgan fingerprint density at radius 1 is 0.897 bits per heavy atom. The molecule has 3 aromatic carbocycles. The fourth-order valence-electron chi connectivity index (χ4n) is 6.13. The molecular formula is C34H39FO4. The van der Waals surface area contributed by atoms with E-state index >= 15 is 4.39 Å². The predicted octanol–water partition coefficient (Wildman–Crippen LogP) is 8.88. The third-order valence-electron chi connectivity index (χ3n) is 8.40. The summed E-state index contributed by atoms with van der Waals surface area (Å²) in [6, 6.07) is 19.1. The maximum Gasteiger partial charge on any atom is 0.303 e. The maximum atomic E-state index is 15.1. The molecule has 0 saturated heterocycles. The normalized spacial score (nSPS) is 17.2. The Bertz CT molecular complexity index is 1270. The number of rotatable bonds is 10. The van der Waals surface area contributed by atoms with Crippen LogP contribution in [0.25, 0.3) is 11.1 Å². The maximum absolute atomic E-state index is 15.1. The van der Waals surface area contributed by atoms with Gasteiger partial charge < -0.3 is 14.6 Å². The summed E-state index contributed by atoms with van der Waals surface area (Å²) in [7, 11) is 1.61. The minimum atomic E-state index is -0.757. The molecule has 2 saturated carbocycles. The molecule has 39 heavy (non-hydrogen) atoms. The summed E-state index contributed by atoms with van der Waals surface area (Å²) in [6.07, 6.45) is 10.7. The van der Waals surface area contributed by atoms with Crippen LogP contribution in [-0.4, -0.2) is 18.2 Å². The Kier molecular flexibility index (Phi) is 8.85. The Labute approximate surface area is 231 Å². The zero-order valence-corrected chi connectivity index (χ0v) is 22.8. The topological polar surface area (TPSA) is 55.8 Å². The van der Waals surface area contributed by atoms with Crippen molar-refractivity contribution in [3.8, 4) is 22.6 Å². The molecule has 2 fully saturated rings. The van der Waals surface area contributed by atoms with E-state index in [1.165, 1.54) is 43.7 Å². The lowest BCUT2D eigenvalue weighted by molar-refractivity contribution is -0.137. The minimum absolute atomic E-state index is 0.0361. The van der Waals surface area contributed by atoms with E-state index in [-0.39, 0.29) is 18.2 Å². The fraction of sp³-hybridized carbons (Fsp3) is 0.441. The summed E-state index contributed by atoms with van der Waals surface area (Å²) >= 11 is 0. The largest absolute Gasteiger partial charge is 0.497 e. The molecule has 0 unspecified atom stereocenters. The first-order valence-corrected chi connectivity index (χ1v) is 14.4. The molecule has 0 amide bonds. The smallest absolute Gasteiger partial charge is 0.303 e. The monoisotopic (exact) mass is 530 g/mol. The number of carboxylic acid groups (broad SMARTS) is 1. The molecule has 3 aromatic rings. The van der Waals surface area contributed by atoms with Gasteiger partial charge in [0.25, 0.3) is 0 Å². The molecule has 206 valence electrons. The Morgan fingerprint density at radius 3 is 2.38 bits per heavy atom. The van der Waals surface area contributed by atoms with Crippen molar-refractivity contribution in [2.75, 3.05) is 7.11 Å². The van der Waals surface area contributed by atoms with Crippen LogP contribution < -0.4 is 9.47 Å². The SMILES string of the molecule is COc1ccc(F)c(-c2ccc(COc3cccc([C@H](CC(=O)O)C4CC4)c3)cc2C2CCCCCCC2)c1. The molecule has 0 radical (unpaired) electrons.